The van der Waals surface area contributed by atoms with Gasteiger partial charge in [-0.2, -0.15) is 0 Å². The Kier molecular flexibility index (Phi) is 6.56. The number of amides is 2. The number of para-hydroxylation sites is 1. The van der Waals surface area contributed by atoms with Crippen LogP contribution in [0.3, 0.4) is 0 Å². The van der Waals surface area contributed by atoms with E-state index in [0.29, 0.717) is 26.1 Å². The average molecular weight is 422 g/mol. The maximum Gasteiger partial charge on any atom is 0.246 e. The predicted octanol–water partition coefficient (Wildman–Crippen LogP) is 2.48. The first kappa shape index (κ1) is 21.4. The van der Waals surface area contributed by atoms with Gasteiger partial charge in [-0.25, -0.2) is 0 Å². The highest BCUT2D eigenvalue weighted by atomic mass is 16.5. The van der Waals surface area contributed by atoms with Crippen LogP contribution in [0.5, 0.6) is 5.75 Å². The summed E-state index contributed by atoms with van der Waals surface area (Å²) in [4.78, 5) is 30.4. The van der Waals surface area contributed by atoms with E-state index in [4.69, 9.17) is 4.74 Å². The number of ether oxygens (including phenoxy) is 1. The van der Waals surface area contributed by atoms with Crippen molar-refractivity contribution in [2.75, 3.05) is 27.2 Å². The van der Waals surface area contributed by atoms with Gasteiger partial charge in [0.05, 0.1) is 6.04 Å². The largest absolute Gasteiger partial charge is 0.491 e. The van der Waals surface area contributed by atoms with Gasteiger partial charge in [0, 0.05) is 31.0 Å². The fourth-order valence-corrected chi connectivity index (χ4v) is 4.08. The zero-order valence-electron chi connectivity index (χ0n) is 18.3. The monoisotopic (exact) mass is 421 g/mol. The molecule has 2 aliphatic rings. The number of carbonyl (C=O) groups excluding carboxylic acids is 2. The number of nitrogens with one attached hydrogen (secondary N) is 1. The summed E-state index contributed by atoms with van der Waals surface area (Å²) < 4.78 is 6.06. The standard InChI is InChI=1S/C25H31N3O3/c1-27(2)16-21-17-31-23-11-7-6-10-20(23)15-28(21)25(30)22(26-24(29)19-12-13-19)14-18-8-4-3-5-9-18/h3-11,19,21-22H,12-17H2,1-2H3,(H,26,29)/t21-,22-/m1/s1. The number of likely N-dealkylation sites (N-methyl/N-ethyl adjacent to an activating group) is 1. The van der Waals surface area contributed by atoms with E-state index in [1.54, 1.807) is 0 Å². The van der Waals surface area contributed by atoms with Gasteiger partial charge in [0.2, 0.25) is 11.8 Å². The third-order valence-corrected chi connectivity index (χ3v) is 5.89. The fourth-order valence-electron chi connectivity index (χ4n) is 4.08. The quantitative estimate of drug-likeness (QED) is 0.746. The zero-order chi connectivity index (χ0) is 21.8. The van der Waals surface area contributed by atoms with Gasteiger partial charge in [-0.05, 0) is 38.6 Å². The van der Waals surface area contributed by atoms with Gasteiger partial charge in [-0.15, -0.1) is 0 Å². The highest BCUT2D eigenvalue weighted by Crippen LogP contribution is 2.30. The minimum atomic E-state index is -0.592. The summed E-state index contributed by atoms with van der Waals surface area (Å²) in [6.45, 7) is 1.59. The van der Waals surface area contributed by atoms with Gasteiger partial charge in [-0.1, -0.05) is 48.5 Å². The highest BCUT2D eigenvalue weighted by molar-refractivity contribution is 5.90. The Balaban J connectivity index is 1.61. The molecule has 0 saturated heterocycles. The zero-order valence-corrected chi connectivity index (χ0v) is 18.3. The molecule has 1 aliphatic carbocycles. The molecule has 1 N–H and O–H groups in total. The Labute approximate surface area is 184 Å². The van der Waals surface area contributed by atoms with Crippen molar-refractivity contribution in [1.82, 2.24) is 15.1 Å². The van der Waals surface area contributed by atoms with Crippen molar-refractivity contribution < 1.29 is 14.3 Å². The first-order valence-electron chi connectivity index (χ1n) is 11.0. The molecular formula is C25H31N3O3. The second kappa shape index (κ2) is 9.52. The summed E-state index contributed by atoms with van der Waals surface area (Å²) in [6.07, 6.45) is 2.30. The molecule has 1 heterocycles. The molecule has 2 aromatic rings. The minimum Gasteiger partial charge on any atom is -0.491 e. The molecule has 31 heavy (non-hydrogen) atoms. The maximum absolute atomic E-state index is 13.9. The van der Waals surface area contributed by atoms with Crippen LogP contribution >= 0.6 is 0 Å². The Morgan fingerprint density at radius 1 is 1.10 bits per heavy atom. The van der Waals surface area contributed by atoms with E-state index in [9.17, 15) is 9.59 Å². The van der Waals surface area contributed by atoms with Gasteiger partial charge in [0.1, 0.15) is 18.4 Å². The van der Waals surface area contributed by atoms with E-state index in [-0.39, 0.29) is 23.8 Å². The maximum atomic E-state index is 13.9. The summed E-state index contributed by atoms with van der Waals surface area (Å²) in [7, 11) is 3.99. The number of fused-ring (bicyclic) bond motifs is 1. The summed E-state index contributed by atoms with van der Waals surface area (Å²) in [5.74, 6) is 0.815. The van der Waals surface area contributed by atoms with Crippen LogP contribution in [-0.4, -0.2) is 60.9 Å². The third-order valence-electron chi connectivity index (χ3n) is 5.89. The molecule has 1 fully saturated rings. The minimum absolute atomic E-state index is 0.00934. The van der Waals surface area contributed by atoms with Gasteiger partial charge in [0.15, 0.2) is 0 Å². The Morgan fingerprint density at radius 3 is 2.52 bits per heavy atom. The van der Waals surface area contributed by atoms with Gasteiger partial charge in [0.25, 0.3) is 0 Å². The van der Waals surface area contributed by atoms with Crippen LogP contribution in [0.4, 0.5) is 0 Å². The molecule has 164 valence electrons. The van der Waals surface area contributed by atoms with Crippen molar-refractivity contribution in [2.24, 2.45) is 5.92 Å². The SMILES string of the molecule is CN(C)C[C@@H]1COc2ccccc2CN1C(=O)[C@@H](Cc1ccccc1)NC(=O)C1CC1. The fraction of sp³-hybridized carbons (Fsp3) is 0.440. The van der Waals surface area contributed by atoms with E-state index in [0.717, 1.165) is 29.7 Å². The van der Waals surface area contributed by atoms with E-state index in [1.165, 1.54) is 0 Å². The lowest BCUT2D eigenvalue weighted by molar-refractivity contribution is -0.140. The molecule has 4 rings (SSSR count). The van der Waals surface area contributed by atoms with Crippen LogP contribution in [0.1, 0.15) is 24.0 Å². The Hall–Kier alpha value is -2.86. The molecule has 6 nitrogen and oxygen atoms in total. The molecule has 2 aromatic carbocycles. The van der Waals surface area contributed by atoms with Crippen molar-refractivity contribution in [3.05, 3.63) is 65.7 Å². The smallest absolute Gasteiger partial charge is 0.246 e. The first-order chi connectivity index (χ1) is 15.0. The summed E-state index contributed by atoms with van der Waals surface area (Å²) >= 11 is 0. The number of benzene rings is 2. The molecule has 0 radical (unpaired) electrons. The molecule has 0 bridgehead atoms. The van der Waals surface area contributed by atoms with Gasteiger partial charge < -0.3 is 19.9 Å². The van der Waals surface area contributed by atoms with Crippen molar-refractivity contribution in [3.8, 4) is 5.75 Å². The second-order valence-corrected chi connectivity index (χ2v) is 8.83. The number of carbonyl (C=O) groups is 2. The van der Waals surface area contributed by atoms with E-state index >= 15 is 0 Å². The van der Waals surface area contributed by atoms with Crippen LogP contribution in [0, 0.1) is 5.92 Å². The van der Waals surface area contributed by atoms with E-state index in [1.807, 2.05) is 73.6 Å². The van der Waals surface area contributed by atoms with E-state index in [2.05, 4.69) is 10.2 Å². The molecule has 0 aromatic heterocycles. The second-order valence-electron chi connectivity index (χ2n) is 8.83. The number of rotatable bonds is 7. The van der Waals surface area contributed by atoms with Crippen molar-refractivity contribution >= 4 is 11.8 Å². The number of hydrogen-bond donors (Lipinski definition) is 1. The highest BCUT2D eigenvalue weighted by Gasteiger charge is 2.37. The van der Waals surface area contributed by atoms with Crippen LogP contribution in [0.25, 0.3) is 0 Å². The summed E-state index contributed by atoms with van der Waals surface area (Å²) in [5, 5.41) is 3.06. The van der Waals surface area contributed by atoms with Crippen LogP contribution < -0.4 is 10.1 Å². The van der Waals surface area contributed by atoms with Crippen LogP contribution in [0.2, 0.25) is 0 Å². The average Bonchev–Trinajstić information content (AvgIpc) is 3.61. The summed E-state index contributed by atoms with van der Waals surface area (Å²) in [6, 6.07) is 17.1. The molecular weight excluding hydrogens is 390 g/mol. The van der Waals surface area contributed by atoms with Crippen molar-refractivity contribution in [1.29, 1.82) is 0 Å². The first-order valence-corrected chi connectivity index (χ1v) is 11.0. The van der Waals surface area contributed by atoms with Crippen molar-refractivity contribution in [3.63, 3.8) is 0 Å². The molecule has 1 aliphatic heterocycles. The van der Waals surface area contributed by atoms with Crippen LogP contribution in [0.15, 0.2) is 54.6 Å². The Bertz CT molecular complexity index is 911. The molecule has 0 spiro atoms. The van der Waals surface area contributed by atoms with E-state index < -0.39 is 6.04 Å². The van der Waals surface area contributed by atoms with Crippen LogP contribution in [-0.2, 0) is 22.6 Å². The van der Waals surface area contributed by atoms with Crippen molar-refractivity contribution in [2.45, 2.75) is 37.9 Å². The lowest BCUT2D eigenvalue weighted by Gasteiger charge is -2.34. The molecule has 1 saturated carbocycles. The third kappa shape index (κ3) is 5.44. The normalized spacial score (nSPS) is 19.2. The molecule has 6 heteroatoms. The number of nitrogens with zero attached hydrogens (tertiary/aromatic N) is 2. The predicted molar refractivity (Wildman–Crippen MR) is 120 cm³/mol. The molecule has 2 amide bonds. The lowest BCUT2D eigenvalue weighted by Crippen LogP contribution is -2.55. The molecule has 2 atom stereocenters. The molecule has 0 unspecified atom stereocenters. The van der Waals surface area contributed by atoms with Gasteiger partial charge in [-0.3, -0.25) is 9.59 Å². The van der Waals surface area contributed by atoms with Gasteiger partial charge >= 0.3 is 0 Å². The summed E-state index contributed by atoms with van der Waals surface area (Å²) in [5.41, 5.74) is 2.02. The topological polar surface area (TPSA) is 61.9 Å². The Morgan fingerprint density at radius 2 is 1.81 bits per heavy atom. The number of hydrogen-bond acceptors (Lipinski definition) is 4. The lowest BCUT2D eigenvalue weighted by atomic mass is 10.0.